The van der Waals surface area contributed by atoms with Crippen molar-refractivity contribution < 1.29 is 13.9 Å². The zero-order chi connectivity index (χ0) is 53.4. The molecule has 0 heterocycles. The topological polar surface area (TPSA) is 189 Å². The Labute approximate surface area is 399 Å². The molecule has 1 aliphatic carbocycles. The quantitative estimate of drug-likeness (QED) is 0.101. The van der Waals surface area contributed by atoms with Gasteiger partial charge in [-0.2, -0.15) is 0 Å². The molecule has 386 valence electrons. The van der Waals surface area contributed by atoms with Crippen molar-refractivity contribution in [3.8, 4) is 0 Å². The van der Waals surface area contributed by atoms with Crippen LogP contribution in [-0.4, -0.2) is 79.8 Å². The van der Waals surface area contributed by atoms with Crippen LogP contribution in [-0.2, 0) is 4.74 Å². The van der Waals surface area contributed by atoms with Crippen LogP contribution >= 0.6 is 0 Å². The van der Waals surface area contributed by atoms with E-state index < -0.39 is 12.3 Å². The Bertz CT molecular complexity index is 1240. The number of alkyl carbamates (subject to hydrolysis) is 1. The average molecular weight is 917 g/mol. The van der Waals surface area contributed by atoms with Gasteiger partial charge in [0.2, 0.25) is 13.1 Å². The second kappa shape index (κ2) is 30.3. The summed E-state index contributed by atoms with van der Waals surface area (Å²) in [6.07, 6.45) is 2.09. The Kier molecular flexibility index (Phi) is 34.9. The number of nitrogens with zero attached hydrogens (tertiary/aromatic N) is 2. The van der Waals surface area contributed by atoms with Crippen LogP contribution in [0.2, 0.25) is 0 Å². The third-order valence-corrected chi connectivity index (χ3v) is 11.4. The first-order valence-corrected chi connectivity index (χ1v) is 23.5. The zero-order valence-electron chi connectivity index (χ0n) is 47.7. The molecule has 12 heteroatoms. The number of rotatable bonds is 6. The minimum absolute atomic E-state index is 0.00926. The summed E-state index contributed by atoms with van der Waals surface area (Å²) in [4.78, 5) is 17.7. The average Bonchev–Trinajstić information content (AvgIpc) is 3.80. The van der Waals surface area contributed by atoms with E-state index in [9.17, 15) is 9.18 Å². The van der Waals surface area contributed by atoms with Crippen LogP contribution in [0.15, 0.2) is 0 Å². The number of carbonyl (C=O) groups excluding carboxylic acids is 1. The highest BCUT2D eigenvalue weighted by molar-refractivity contribution is 5.67. The zero-order valence-corrected chi connectivity index (χ0v) is 47.7. The number of alkyl halides is 1. The normalized spacial score (nSPS) is 15.8. The number of nitrogens with two attached hydrogens (primary N) is 5. The molecule has 1 amide bonds. The Morgan fingerprint density at radius 1 is 0.672 bits per heavy atom. The van der Waals surface area contributed by atoms with Gasteiger partial charge >= 0.3 is 6.09 Å². The first kappa shape index (κ1) is 73.5. The minimum atomic E-state index is -0.427. The van der Waals surface area contributed by atoms with Crippen molar-refractivity contribution in [2.45, 2.75) is 248 Å². The van der Waals surface area contributed by atoms with Gasteiger partial charge in [-0.05, 0) is 99.2 Å². The van der Waals surface area contributed by atoms with Crippen molar-refractivity contribution >= 4 is 6.09 Å². The van der Waals surface area contributed by atoms with E-state index in [0.717, 1.165) is 6.54 Å². The molecule has 0 bridgehead atoms. The van der Waals surface area contributed by atoms with Crippen molar-refractivity contribution in [1.82, 2.24) is 10.6 Å². The highest BCUT2D eigenvalue weighted by Gasteiger charge is 2.48. The second-order valence-electron chi connectivity index (χ2n) is 26.8. The number of amides is 1. The van der Waals surface area contributed by atoms with Crippen LogP contribution in [0.1, 0.15) is 207 Å². The molecule has 0 aromatic heterocycles. The molecule has 64 heavy (non-hydrogen) atoms. The number of hydrogen-bond acceptors (Lipinski definition) is 8. The number of hydrogen-bond donors (Lipinski definition) is 7. The summed E-state index contributed by atoms with van der Waals surface area (Å²) in [7, 11) is 0. The Morgan fingerprint density at radius 2 is 1.03 bits per heavy atom. The molecule has 0 radical (unpaired) electrons. The van der Waals surface area contributed by atoms with E-state index in [1.807, 2.05) is 83.1 Å². The molecule has 1 rings (SSSR count). The first-order chi connectivity index (χ1) is 27.7. The maximum atomic E-state index is 11.8. The van der Waals surface area contributed by atoms with Gasteiger partial charge in [0.15, 0.2) is 0 Å². The highest BCUT2D eigenvalue weighted by atomic mass is 19.1. The second-order valence-corrected chi connectivity index (χ2v) is 26.8. The predicted molar refractivity (Wildman–Crippen MR) is 281 cm³/mol. The number of nitrogens with one attached hydrogen (secondary N) is 2. The first-order valence-electron chi connectivity index (χ1n) is 23.5. The molecule has 0 spiro atoms. The molecule has 11 nitrogen and oxygen atoms in total. The van der Waals surface area contributed by atoms with Crippen molar-refractivity contribution in [2.24, 2.45) is 66.6 Å². The van der Waals surface area contributed by atoms with E-state index in [0.29, 0.717) is 42.5 Å². The maximum Gasteiger partial charge on any atom is 0.407 e. The van der Waals surface area contributed by atoms with E-state index in [1.54, 1.807) is 0 Å². The van der Waals surface area contributed by atoms with Gasteiger partial charge in [-0.15, -0.1) is 0 Å². The third-order valence-electron chi connectivity index (χ3n) is 11.4. The number of halogens is 1. The van der Waals surface area contributed by atoms with E-state index >= 15 is 0 Å². The monoisotopic (exact) mass is 916 g/mol. The fourth-order valence-corrected chi connectivity index (χ4v) is 2.78. The van der Waals surface area contributed by atoms with Gasteiger partial charge < -0.3 is 53.7 Å². The molecule has 4 atom stereocenters. The van der Waals surface area contributed by atoms with Crippen LogP contribution < -0.4 is 39.3 Å². The van der Waals surface area contributed by atoms with Crippen LogP contribution in [0.25, 0.3) is 9.69 Å². The van der Waals surface area contributed by atoms with Gasteiger partial charge in [-0.1, -0.05) is 145 Å². The van der Waals surface area contributed by atoms with Gasteiger partial charge in [0, 0.05) is 35.7 Å². The molecule has 0 saturated heterocycles. The van der Waals surface area contributed by atoms with Crippen molar-refractivity contribution in [2.75, 3.05) is 32.9 Å². The largest absolute Gasteiger partial charge is 0.444 e. The Balaban J connectivity index is -0.000000155. The van der Waals surface area contributed by atoms with E-state index in [-0.39, 0.29) is 56.3 Å². The van der Waals surface area contributed by atoms with Crippen LogP contribution in [0.4, 0.5) is 9.18 Å². The van der Waals surface area contributed by atoms with Gasteiger partial charge in [0.1, 0.15) is 12.3 Å². The van der Waals surface area contributed by atoms with Gasteiger partial charge in [-0.3, -0.25) is 0 Å². The summed E-state index contributed by atoms with van der Waals surface area (Å²) < 4.78 is 16.8. The van der Waals surface area contributed by atoms with Crippen LogP contribution in [0.5, 0.6) is 0 Å². The lowest BCUT2D eigenvalue weighted by atomic mass is 9.77. The van der Waals surface area contributed by atoms with Gasteiger partial charge in [0.25, 0.3) is 0 Å². The fourth-order valence-electron chi connectivity index (χ4n) is 2.78. The standard InChI is InChI=1S/C10H21NO2.C9H18N2.C7H14N2.C7H15N.C7H17N.C6H14FN.C6H15N/c1-9(2,3)7-11-8(12)13-10(4,5)6;1-8(9(2,3)4)11-7-6-10-5;1-7(2,3)6(8)5-9-4;1-6(2,3)7(8)4-5-7;1-6(2,3)7(4,5)8;1-6(2,3)5(8)4-7;1-5(7)6(2,3)4/h7H2,1-6H3,(H,11,12);8,11H,6-7H2,1-4H3;6H,5,8H2,1-3H3;4-5,8H2,1-3H3;8H2,1-5H3;5H,4,8H2,1-3H3;5H,7H2,1-4H3/t;8-;6-;;;2*5-/m.00..00/s1. The molecule has 1 saturated carbocycles. The summed E-state index contributed by atoms with van der Waals surface area (Å²) in [5.41, 5.74) is 29.2. The summed E-state index contributed by atoms with van der Waals surface area (Å²) in [5, 5.41) is 6.03. The van der Waals surface area contributed by atoms with Crippen molar-refractivity contribution in [1.29, 1.82) is 0 Å². The minimum Gasteiger partial charge on any atom is -0.444 e. The van der Waals surface area contributed by atoms with E-state index in [1.165, 1.54) is 12.8 Å². The molecular formula is C52H114FN9O2. The van der Waals surface area contributed by atoms with Crippen molar-refractivity contribution in [3.05, 3.63) is 22.8 Å². The molecule has 1 aliphatic rings. The summed E-state index contributed by atoms with van der Waals surface area (Å²) in [6.45, 7) is 73.2. The van der Waals surface area contributed by atoms with Gasteiger partial charge in [0.05, 0.1) is 12.6 Å². The number of ether oxygens (including phenoxy) is 1. The predicted octanol–water partition coefficient (Wildman–Crippen LogP) is 11.8. The van der Waals surface area contributed by atoms with Crippen LogP contribution in [0, 0.1) is 51.0 Å². The highest BCUT2D eigenvalue weighted by Crippen LogP contribution is 2.46. The smallest absolute Gasteiger partial charge is 0.407 e. The SMILES string of the molecule is CC(C)(C)C(C)(C)N.CC(C)(C)C1(N)CC1.CC(C)(C)CNC(=O)OC(C)(C)C.CC(C)(C)[C@@H](N)CF.C[C@H](N)C(C)(C)C.[C-]#[N+]CCN[C@@H](C)C(C)(C)C.[C-]#[N+]C[C@H](N)C(C)(C)C. The molecule has 1 fully saturated rings. The lowest BCUT2D eigenvalue weighted by Gasteiger charge is -2.34. The molecule has 0 unspecified atom stereocenters. The Morgan fingerprint density at radius 3 is 1.17 bits per heavy atom. The third kappa shape index (κ3) is 47.9. The van der Waals surface area contributed by atoms with Crippen LogP contribution in [0.3, 0.4) is 0 Å². The maximum absolute atomic E-state index is 11.8. The van der Waals surface area contributed by atoms with Crippen molar-refractivity contribution in [3.63, 3.8) is 0 Å². The lowest BCUT2D eigenvalue weighted by molar-refractivity contribution is 0.0509. The fraction of sp³-hybridized carbons (Fsp3) is 0.942. The Hall–Kier alpha value is -2.06. The molecule has 0 aliphatic heterocycles. The van der Waals surface area contributed by atoms with E-state index in [2.05, 4.69) is 131 Å². The number of carbonyl (C=O) groups is 1. The lowest BCUT2D eigenvalue weighted by Crippen LogP contribution is -2.45. The molecular weight excluding hydrogens is 802 g/mol. The van der Waals surface area contributed by atoms with E-state index in [4.69, 9.17) is 46.5 Å². The summed E-state index contributed by atoms with van der Waals surface area (Å²) in [6, 6.07) is 0.467. The molecule has 0 aromatic rings. The summed E-state index contributed by atoms with van der Waals surface area (Å²) in [5.74, 6) is 0. The molecule has 0 aromatic carbocycles. The molecule has 12 N–H and O–H groups in total. The van der Waals surface area contributed by atoms with Gasteiger partial charge in [-0.25, -0.2) is 22.3 Å². The summed E-state index contributed by atoms with van der Waals surface area (Å²) >= 11 is 0.